The third-order valence-electron chi connectivity index (χ3n) is 5.13. The Morgan fingerprint density at radius 1 is 0.839 bits per heavy atom. The van der Waals surface area contributed by atoms with Gasteiger partial charge in [-0.2, -0.15) is 0 Å². The molecule has 31 heavy (non-hydrogen) atoms. The zero-order valence-electron chi connectivity index (χ0n) is 18.3. The molecule has 7 heteroatoms. The molecule has 0 atom stereocenters. The van der Waals surface area contributed by atoms with E-state index in [1.54, 1.807) is 12.1 Å². The average molecular weight is 439 g/mol. The number of hydrogen-bond acceptors (Lipinski definition) is 2. The maximum atomic E-state index is 14.8. The number of pyridine rings is 1. The van der Waals surface area contributed by atoms with Crippen LogP contribution in [0.2, 0.25) is 0 Å². The Balaban J connectivity index is 2.34. The monoisotopic (exact) mass is 438 g/mol. The van der Waals surface area contributed by atoms with E-state index in [-0.39, 0.29) is 0 Å². The molecule has 3 nitrogen and oxygen atoms in total. The van der Waals surface area contributed by atoms with Crippen LogP contribution < -0.4 is 15.2 Å². The zero-order valence-corrected chi connectivity index (χ0v) is 18.3. The molecule has 1 heterocycles. The molecule has 0 fully saturated rings. The molecule has 0 saturated carbocycles. The summed E-state index contributed by atoms with van der Waals surface area (Å²) >= 11 is 0. The van der Waals surface area contributed by atoms with E-state index >= 15 is 0 Å². The highest BCUT2D eigenvalue weighted by Gasteiger charge is 2.27. The fourth-order valence-corrected chi connectivity index (χ4v) is 3.28. The first-order valence-corrected chi connectivity index (χ1v) is 10.9. The summed E-state index contributed by atoms with van der Waals surface area (Å²) in [6, 6.07) is 3.50. The van der Waals surface area contributed by atoms with Crippen LogP contribution in [0, 0.1) is 23.3 Å². The molecule has 0 aliphatic rings. The van der Waals surface area contributed by atoms with E-state index in [1.165, 1.54) is 11.0 Å². The lowest BCUT2D eigenvalue weighted by molar-refractivity contribution is -0.697. The van der Waals surface area contributed by atoms with Gasteiger partial charge in [-0.25, -0.2) is 22.1 Å². The molecule has 2 N–H and O–H groups in total. The molecule has 1 aromatic carbocycles. The van der Waals surface area contributed by atoms with Gasteiger partial charge in [-0.15, -0.1) is 0 Å². The normalized spacial score (nSPS) is 11.5. The number of aryl methyl sites for hydroxylation is 1. The van der Waals surface area contributed by atoms with Crippen molar-refractivity contribution in [3.63, 3.8) is 0 Å². The summed E-state index contributed by atoms with van der Waals surface area (Å²) in [7, 11) is 0. The van der Waals surface area contributed by atoms with Crippen molar-refractivity contribution in [2.75, 3.05) is 24.5 Å². The van der Waals surface area contributed by atoms with Crippen molar-refractivity contribution < 1.29 is 22.1 Å². The van der Waals surface area contributed by atoms with Gasteiger partial charge in [0.1, 0.15) is 12.2 Å². The maximum absolute atomic E-state index is 14.8. The lowest BCUT2D eigenvalue weighted by Crippen LogP contribution is -2.33. The zero-order chi connectivity index (χ0) is 22.8. The molecule has 1 aromatic heterocycles. The third kappa shape index (κ3) is 6.53. The van der Waals surface area contributed by atoms with E-state index in [1.807, 2.05) is 30.8 Å². The summed E-state index contributed by atoms with van der Waals surface area (Å²) in [5.41, 5.74) is 4.81. The molecule has 0 aliphatic heterocycles. The van der Waals surface area contributed by atoms with Crippen LogP contribution in [0.1, 0.15) is 57.1 Å². The van der Waals surface area contributed by atoms with E-state index in [0.29, 0.717) is 38.0 Å². The molecule has 0 amide bonds. The van der Waals surface area contributed by atoms with Gasteiger partial charge in [-0.1, -0.05) is 32.8 Å². The Labute approximate surface area is 182 Å². The molecule has 2 rings (SSSR count). The SMILES string of the molecule is CCCCN(CCCC)c1c(F)c(F)c(C=Cc2cc[n+](CCCN)cc2)c(F)c1F. The first-order valence-electron chi connectivity index (χ1n) is 10.9. The predicted molar refractivity (Wildman–Crippen MR) is 118 cm³/mol. The summed E-state index contributed by atoms with van der Waals surface area (Å²) < 4.78 is 61.1. The second-order valence-corrected chi connectivity index (χ2v) is 7.56. The molecule has 0 bridgehead atoms. The number of anilines is 1. The number of hydrogen-bond donors (Lipinski definition) is 1. The van der Waals surface area contributed by atoms with E-state index in [4.69, 9.17) is 5.73 Å². The summed E-state index contributed by atoms with van der Waals surface area (Å²) in [6.07, 6.45) is 9.91. The quantitative estimate of drug-likeness (QED) is 0.271. The van der Waals surface area contributed by atoms with Gasteiger partial charge in [0.25, 0.3) is 0 Å². The van der Waals surface area contributed by atoms with Crippen LogP contribution in [0.3, 0.4) is 0 Å². The minimum absolute atomic E-state index is 0.340. The number of benzene rings is 1. The number of rotatable bonds is 12. The van der Waals surface area contributed by atoms with Gasteiger partial charge in [0.05, 0.1) is 5.56 Å². The highest BCUT2D eigenvalue weighted by atomic mass is 19.2. The first-order chi connectivity index (χ1) is 14.9. The van der Waals surface area contributed by atoms with Gasteiger partial charge in [-0.3, -0.25) is 0 Å². The van der Waals surface area contributed by atoms with Gasteiger partial charge in [-0.05, 0) is 31.0 Å². The maximum Gasteiger partial charge on any atom is 0.185 e. The molecule has 170 valence electrons. The Bertz CT molecular complexity index is 829. The second-order valence-electron chi connectivity index (χ2n) is 7.56. The minimum atomic E-state index is -1.38. The number of unbranched alkanes of at least 4 members (excludes halogenated alkanes) is 2. The van der Waals surface area contributed by atoms with Crippen molar-refractivity contribution in [1.82, 2.24) is 0 Å². The van der Waals surface area contributed by atoms with Gasteiger partial charge in [0.2, 0.25) is 0 Å². The molecule has 0 saturated heterocycles. The fraction of sp³-hybridized carbons (Fsp3) is 0.458. The summed E-state index contributed by atoms with van der Waals surface area (Å²) in [4.78, 5) is 1.41. The summed E-state index contributed by atoms with van der Waals surface area (Å²) in [6.45, 7) is 5.91. The van der Waals surface area contributed by atoms with Crippen LogP contribution in [0.25, 0.3) is 12.2 Å². The van der Waals surface area contributed by atoms with Gasteiger partial charge in [0, 0.05) is 31.6 Å². The molecule has 2 aromatic rings. The lowest BCUT2D eigenvalue weighted by Gasteiger charge is -2.26. The smallest absolute Gasteiger partial charge is 0.185 e. The summed E-state index contributed by atoms with van der Waals surface area (Å²) in [5.74, 6) is -5.45. The first kappa shape index (κ1) is 24.9. The van der Waals surface area contributed by atoms with Crippen LogP contribution in [0.4, 0.5) is 23.2 Å². The molecular formula is C24H32F4N3+. The minimum Gasteiger partial charge on any atom is -0.367 e. The standard InChI is InChI=1S/C24H32F4N3/c1-3-5-14-31(15-6-4-2)24-22(27)20(25)19(21(26)23(24)28)9-8-18-10-16-30(17-11-18)13-7-12-29/h8-11,16-17H,3-7,12-15,29H2,1-2H3/q+1. The number of nitrogens with zero attached hydrogens (tertiary/aromatic N) is 2. The van der Waals surface area contributed by atoms with Gasteiger partial charge in [0.15, 0.2) is 35.7 Å². The highest BCUT2D eigenvalue weighted by Crippen LogP contribution is 2.32. The number of aromatic nitrogens is 1. The second kappa shape index (κ2) is 12.4. The molecular weight excluding hydrogens is 406 g/mol. The van der Waals surface area contributed by atoms with Gasteiger partial charge >= 0.3 is 0 Å². The Hall–Kier alpha value is -2.41. The van der Waals surface area contributed by atoms with Crippen molar-refractivity contribution >= 4 is 17.8 Å². The topological polar surface area (TPSA) is 33.1 Å². The van der Waals surface area contributed by atoms with E-state index in [0.717, 1.165) is 31.9 Å². The lowest BCUT2D eigenvalue weighted by atomic mass is 10.1. The van der Waals surface area contributed by atoms with E-state index in [9.17, 15) is 17.6 Å². The molecule has 0 aliphatic carbocycles. The van der Waals surface area contributed by atoms with Crippen molar-refractivity contribution in [1.29, 1.82) is 0 Å². The molecule has 0 unspecified atom stereocenters. The van der Waals surface area contributed by atoms with Crippen LogP contribution in [-0.2, 0) is 6.54 Å². The van der Waals surface area contributed by atoms with Crippen molar-refractivity contribution in [2.45, 2.75) is 52.5 Å². The molecule has 0 radical (unpaired) electrons. The Kier molecular flexibility index (Phi) is 9.98. The Morgan fingerprint density at radius 3 is 1.87 bits per heavy atom. The average Bonchev–Trinajstić information content (AvgIpc) is 2.78. The van der Waals surface area contributed by atoms with Crippen LogP contribution in [0.15, 0.2) is 24.5 Å². The molecule has 0 spiro atoms. The van der Waals surface area contributed by atoms with E-state index in [2.05, 4.69) is 0 Å². The third-order valence-corrected chi connectivity index (χ3v) is 5.13. The van der Waals surface area contributed by atoms with Crippen LogP contribution in [-0.4, -0.2) is 19.6 Å². The predicted octanol–water partition coefficient (Wildman–Crippen LogP) is 5.46. The van der Waals surface area contributed by atoms with Crippen molar-refractivity contribution in [2.24, 2.45) is 5.73 Å². The number of nitrogens with two attached hydrogens (primary N) is 1. The number of halogens is 4. The highest BCUT2D eigenvalue weighted by molar-refractivity contribution is 5.71. The summed E-state index contributed by atoms with van der Waals surface area (Å²) in [5, 5.41) is 0. The van der Waals surface area contributed by atoms with Crippen LogP contribution >= 0.6 is 0 Å². The van der Waals surface area contributed by atoms with Crippen molar-refractivity contribution in [3.8, 4) is 0 Å². The van der Waals surface area contributed by atoms with E-state index < -0.39 is 34.5 Å². The van der Waals surface area contributed by atoms with Gasteiger partial charge < -0.3 is 10.6 Å². The fourth-order valence-electron chi connectivity index (χ4n) is 3.28. The van der Waals surface area contributed by atoms with Crippen LogP contribution in [0.5, 0.6) is 0 Å². The Morgan fingerprint density at radius 2 is 1.39 bits per heavy atom. The largest absolute Gasteiger partial charge is 0.367 e. The van der Waals surface area contributed by atoms with Crippen molar-refractivity contribution in [3.05, 3.63) is 58.9 Å².